The van der Waals surface area contributed by atoms with Gasteiger partial charge in [-0.15, -0.1) is 0 Å². The first-order valence-electron chi connectivity index (χ1n) is 4.46. The predicted molar refractivity (Wildman–Crippen MR) is 58.1 cm³/mol. The molecule has 0 bridgehead atoms. The molecule has 1 N–H and O–H groups in total. The highest BCUT2D eigenvalue weighted by Crippen LogP contribution is 2.27. The summed E-state index contributed by atoms with van der Waals surface area (Å²) in [6.45, 7) is 1.69. The van der Waals surface area contributed by atoms with Crippen molar-refractivity contribution in [1.29, 1.82) is 0 Å². The maximum Gasteiger partial charge on any atom is 0.336 e. The first-order chi connectivity index (χ1) is 7.68. The van der Waals surface area contributed by atoms with Gasteiger partial charge in [0.1, 0.15) is 12.1 Å². The number of rotatable bonds is 3. The van der Waals surface area contributed by atoms with Crippen LogP contribution < -0.4 is 4.74 Å². The van der Waals surface area contributed by atoms with Crippen LogP contribution in [0, 0.1) is 6.92 Å². The van der Waals surface area contributed by atoms with Gasteiger partial charge in [-0.2, -0.15) is 9.36 Å². The lowest BCUT2D eigenvalue weighted by atomic mass is 10.1. The number of carbonyl (C=O) groups is 1. The highest BCUT2D eigenvalue weighted by molar-refractivity contribution is 7.07. The molecule has 6 heteroatoms. The van der Waals surface area contributed by atoms with Gasteiger partial charge in [0.25, 0.3) is 5.19 Å². The van der Waals surface area contributed by atoms with Crippen LogP contribution in [0.2, 0.25) is 0 Å². The number of ether oxygens (including phenoxy) is 1. The van der Waals surface area contributed by atoms with Crippen LogP contribution in [0.4, 0.5) is 0 Å². The number of aromatic nitrogens is 2. The number of hydrogen-bond donors (Lipinski definition) is 1. The van der Waals surface area contributed by atoms with E-state index >= 15 is 0 Å². The molecule has 0 saturated carbocycles. The molecule has 2 aromatic rings. The van der Waals surface area contributed by atoms with Gasteiger partial charge in [0, 0.05) is 17.1 Å². The molecule has 0 aliphatic heterocycles. The summed E-state index contributed by atoms with van der Waals surface area (Å²) < 4.78 is 9.22. The van der Waals surface area contributed by atoms with Gasteiger partial charge in [-0.05, 0) is 19.1 Å². The average molecular weight is 236 g/mol. The van der Waals surface area contributed by atoms with Crippen LogP contribution in [-0.2, 0) is 0 Å². The maximum absolute atomic E-state index is 10.9. The summed E-state index contributed by atoms with van der Waals surface area (Å²) in [7, 11) is 0. The fourth-order valence-electron chi connectivity index (χ4n) is 1.26. The molecule has 1 aromatic carbocycles. The van der Waals surface area contributed by atoms with Crippen LogP contribution >= 0.6 is 11.5 Å². The van der Waals surface area contributed by atoms with E-state index in [4.69, 9.17) is 9.84 Å². The lowest BCUT2D eigenvalue weighted by molar-refractivity contribution is 0.0695. The average Bonchev–Trinajstić information content (AvgIpc) is 2.73. The van der Waals surface area contributed by atoms with Crippen LogP contribution in [0.3, 0.4) is 0 Å². The highest BCUT2D eigenvalue weighted by Gasteiger charge is 2.12. The monoisotopic (exact) mass is 236 g/mol. The van der Waals surface area contributed by atoms with Crippen molar-refractivity contribution >= 4 is 17.5 Å². The Morgan fingerprint density at radius 3 is 2.94 bits per heavy atom. The Kier molecular flexibility index (Phi) is 2.82. The van der Waals surface area contributed by atoms with Crippen LogP contribution in [0.5, 0.6) is 10.9 Å². The van der Waals surface area contributed by atoms with Gasteiger partial charge in [-0.25, -0.2) is 4.79 Å². The second kappa shape index (κ2) is 4.28. The fourth-order valence-corrected chi connectivity index (χ4v) is 1.66. The fraction of sp³-hybridized carbons (Fsp3) is 0.100. The molecule has 0 amide bonds. The lowest BCUT2D eigenvalue weighted by Gasteiger charge is -2.07. The number of aromatic carboxylic acids is 1. The molecular formula is C10H8N2O3S. The Morgan fingerprint density at radius 1 is 1.50 bits per heavy atom. The van der Waals surface area contributed by atoms with Crippen molar-refractivity contribution in [3.8, 4) is 10.9 Å². The van der Waals surface area contributed by atoms with Gasteiger partial charge in [-0.3, -0.25) is 0 Å². The number of carboxylic acids is 1. The zero-order valence-electron chi connectivity index (χ0n) is 8.38. The zero-order chi connectivity index (χ0) is 11.5. The normalized spacial score (nSPS) is 10.1. The van der Waals surface area contributed by atoms with Gasteiger partial charge in [0.05, 0.1) is 5.56 Å². The Morgan fingerprint density at radius 2 is 2.31 bits per heavy atom. The van der Waals surface area contributed by atoms with E-state index in [0.29, 0.717) is 16.5 Å². The molecule has 0 atom stereocenters. The summed E-state index contributed by atoms with van der Waals surface area (Å²) in [6.07, 6.45) is 1.39. The number of carboxylic acid groups (broad SMARTS) is 1. The third-order valence-corrected chi connectivity index (χ3v) is 2.60. The predicted octanol–water partition coefficient (Wildman–Crippen LogP) is 2.34. The van der Waals surface area contributed by atoms with E-state index in [1.807, 2.05) is 0 Å². The van der Waals surface area contributed by atoms with Crippen molar-refractivity contribution < 1.29 is 14.6 Å². The summed E-state index contributed by atoms with van der Waals surface area (Å²) >= 11 is 1.11. The van der Waals surface area contributed by atoms with E-state index in [1.165, 1.54) is 12.4 Å². The van der Waals surface area contributed by atoms with Crippen LogP contribution in [-0.4, -0.2) is 20.4 Å². The van der Waals surface area contributed by atoms with Gasteiger partial charge >= 0.3 is 5.97 Å². The molecule has 1 aromatic heterocycles. The third kappa shape index (κ3) is 2.01. The van der Waals surface area contributed by atoms with Crippen LogP contribution in [0.1, 0.15) is 15.9 Å². The Balaban J connectivity index is 2.35. The quantitative estimate of drug-likeness (QED) is 0.885. The number of nitrogens with zero attached hydrogens (tertiary/aromatic N) is 2. The Hall–Kier alpha value is -1.95. The molecule has 82 valence electrons. The van der Waals surface area contributed by atoms with E-state index in [2.05, 4.69) is 9.36 Å². The summed E-state index contributed by atoms with van der Waals surface area (Å²) in [4.78, 5) is 14.8. The smallest absolute Gasteiger partial charge is 0.336 e. The number of benzene rings is 1. The molecule has 0 unspecified atom stereocenters. The van der Waals surface area contributed by atoms with Crippen molar-refractivity contribution in [3.05, 3.63) is 35.7 Å². The summed E-state index contributed by atoms with van der Waals surface area (Å²) in [5.74, 6) is -0.489. The third-order valence-electron chi connectivity index (χ3n) is 2.05. The second-order valence-corrected chi connectivity index (χ2v) is 3.79. The molecule has 16 heavy (non-hydrogen) atoms. The molecule has 0 fully saturated rings. The first-order valence-corrected chi connectivity index (χ1v) is 5.23. The summed E-state index contributed by atoms with van der Waals surface area (Å²) in [5, 5.41) is 9.33. The van der Waals surface area contributed by atoms with Crippen molar-refractivity contribution in [1.82, 2.24) is 9.36 Å². The Bertz CT molecular complexity index is 511. The summed E-state index contributed by atoms with van der Waals surface area (Å²) in [5.41, 5.74) is 0.798. The zero-order valence-corrected chi connectivity index (χ0v) is 9.19. The van der Waals surface area contributed by atoms with E-state index in [0.717, 1.165) is 11.5 Å². The van der Waals surface area contributed by atoms with Crippen LogP contribution in [0.25, 0.3) is 0 Å². The van der Waals surface area contributed by atoms with Crippen molar-refractivity contribution in [2.24, 2.45) is 0 Å². The van der Waals surface area contributed by atoms with Crippen molar-refractivity contribution in [3.63, 3.8) is 0 Å². The standard InChI is InChI=1S/C10H8N2O3S/c1-6-7(9(13)14)3-2-4-8(6)15-10-11-5-12-16-10/h2-5H,1H3,(H,13,14). The molecule has 5 nitrogen and oxygen atoms in total. The van der Waals surface area contributed by atoms with Gasteiger partial charge < -0.3 is 9.84 Å². The molecule has 0 aliphatic carbocycles. The highest BCUT2D eigenvalue weighted by atomic mass is 32.1. The van der Waals surface area contributed by atoms with E-state index in [-0.39, 0.29) is 5.56 Å². The minimum absolute atomic E-state index is 0.224. The maximum atomic E-state index is 10.9. The van der Waals surface area contributed by atoms with Crippen molar-refractivity contribution in [2.75, 3.05) is 0 Å². The van der Waals surface area contributed by atoms with E-state index in [9.17, 15) is 4.79 Å². The molecule has 1 heterocycles. The molecular weight excluding hydrogens is 228 g/mol. The minimum Gasteiger partial charge on any atom is -0.478 e. The molecule has 2 rings (SSSR count). The summed E-state index contributed by atoms with van der Waals surface area (Å²) in [6, 6.07) is 4.86. The Labute approximate surface area is 95.5 Å². The second-order valence-electron chi connectivity index (χ2n) is 3.04. The molecule has 0 radical (unpaired) electrons. The topological polar surface area (TPSA) is 72.3 Å². The van der Waals surface area contributed by atoms with Gasteiger partial charge in [0.2, 0.25) is 0 Å². The van der Waals surface area contributed by atoms with Gasteiger partial charge in [0.15, 0.2) is 0 Å². The van der Waals surface area contributed by atoms with Gasteiger partial charge in [-0.1, -0.05) is 6.07 Å². The lowest BCUT2D eigenvalue weighted by Crippen LogP contribution is -2.00. The van der Waals surface area contributed by atoms with E-state index < -0.39 is 5.97 Å². The molecule has 0 saturated heterocycles. The molecule has 0 aliphatic rings. The van der Waals surface area contributed by atoms with E-state index in [1.54, 1.807) is 19.1 Å². The number of hydrogen-bond acceptors (Lipinski definition) is 5. The van der Waals surface area contributed by atoms with Crippen molar-refractivity contribution in [2.45, 2.75) is 6.92 Å². The molecule has 0 spiro atoms. The van der Waals surface area contributed by atoms with Crippen LogP contribution in [0.15, 0.2) is 24.5 Å². The largest absolute Gasteiger partial charge is 0.478 e. The SMILES string of the molecule is Cc1c(Oc2ncns2)cccc1C(=O)O. The minimum atomic E-state index is -0.972. The first kappa shape index (κ1) is 10.6.